The van der Waals surface area contributed by atoms with Gasteiger partial charge in [-0.2, -0.15) is 9.97 Å². The van der Waals surface area contributed by atoms with Crippen LogP contribution in [0.1, 0.15) is 6.23 Å². The maximum Gasteiger partial charge on any atom is 0.320 e. The summed E-state index contributed by atoms with van der Waals surface area (Å²) >= 11 is 0. The minimum absolute atomic E-state index is 0.0495. The first-order valence-corrected chi connectivity index (χ1v) is 6.23. The molecule has 0 unspecified atom stereocenters. The highest BCUT2D eigenvalue weighted by atomic mass is 16.6. The number of fused-ring (bicyclic) bond motifs is 1. The molecule has 3 heterocycles. The topological polar surface area (TPSA) is 149 Å². The summed E-state index contributed by atoms with van der Waals surface area (Å²) in [5, 5.41) is 29.0. The molecule has 1 fully saturated rings. The quantitative estimate of drug-likeness (QED) is 0.506. The van der Waals surface area contributed by atoms with Crippen molar-refractivity contribution in [3.8, 4) is 6.01 Å². The number of aliphatic hydroxyl groups excluding tert-OH is 3. The van der Waals surface area contributed by atoms with Crippen molar-refractivity contribution in [1.82, 2.24) is 19.5 Å². The zero-order chi connectivity index (χ0) is 15.1. The van der Waals surface area contributed by atoms with Crippen LogP contribution in [0.3, 0.4) is 0 Å². The molecule has 10 nitrogen and oxygen atoms in total. The van der Waals surface area contributed by atoms with E-state index in [1.165, 1.54) is 18.0 Å². The Bertz CT molecular complexity index is 662. The minimum Gasteiger partial charge on any atom is -0.467 e. The fraction of sp³-hybridized carbons (Fsp3) is 0.545. The van der Waals surface area contributed by atoms with Gasteiger partial charge in [-0.05, 0) is 0 Å². The van der Waals surface area contributed by atoms with E-state index >= 15 is 0 Å². The van der Waals surface area contributed by atoms with E-state index in [1.54, 1.807) is 0 Å². The van der Waals surface area contributed by atoms with Gasteiger partial charge in [0, 0.05) is 0 Å². The lowest BCUT2D eigenvalue weighted by Crippen LogP contribution is -2.33. The molecular formula is C11H15N5O5. The van der Waals surface area contributed by atoms with Crippen molar-refractivity contribution in [3.05, 3.63) is 6.33 Å². The first-order valence-electron chi connectivity index (χ1n) is 6.23. The van der Waals surface area contributed by atoms with Crippen LogP contribution in [0.15, 0.2) is 6.33 Å². The molecule has 4 atom stereocenters. The smallest absolute Gasteiger partial charge is 0.320 e. The van der Waals surface area contributed by atoms with Gasteiger partial charge in [0.25, 0.3) is 0 Å². The number of anilines is 1. The molecule has 5 N–H and O–H groups in total. The second-order valence-electron chi connectivity index (χ2n) is 4.65. The van der Waals surface area contributed by atoms with Crippen molar-refractivity contribution in [2.75, 3.05) is 19.5 Å². The summed E-state index contributed by atoms with van der Waals surface area (Å²) in [7, 11) is 1.40. The number of nitrogen functional groups attached to an aromatic ring is 1. The predicted molar refractivity (Wildman–Crippen MR) is 69.3 cm³/mol. The number of nitrogens with two attached hydrogens (primary N) is 1. The Hall–Kier alpha value is -2.01. The summed E-state index contributed by atoms with van der Waals surface area (Å²) in [6, 6.07) is 0.0495. The molecule has 0 amide bonds. The molecule has 0 aromatic carbocycles. The van der Waals surface area contributed by atoms with Gasteiger partial charge in [0.1, 0.15) is 18.3 Å². The van der Waals surface area contributed by atoms with Crippen LogP contribution in [-0.4, -0.2) is 66.9 Å². The summed E-state index contributed by atoms with van der Waals surface area (Å²) in [6.07, 6.45) is -2.90. The van der Waals surface area contributed by atoms with Crippen molar-refractivity contribution in [2.24, 2.45) is 0 Å². The number of ether oxygens (including phenoxy) is 2. The van der Waals surface area contributed by atoms with Gasteiger partial charge in [0.15, 0.2) is 23.2 Å². The predicted octanol–water partition coefficient (Wildman–Crippen LogP) is -1.97. The van der Waals surface area contributed by atoms with Crippen LogP contribution in [0.25, 0.3) is 11.2 Å². The second kappa shape index (κ2) is 5.07. The largest absolute Gasteiger partial charge is 0.467 e. The Morgan fingerprint density at radius 2 is 2.14 bits per heavy atom. The molecule has 0 radical (unpaired) electrons. The number of rotatable bonds is 3. The molecule has 1 aliphatic heterocycles. The molecule has 0 bridgehead atoms. The molecule has 3 rings (SSSR count). The van der Waals surface area contributed by atoms with Gasteiger partial charge in [-0.15, -0.1) is 0 Å². The summed E-state index contributed by atoms with van der Waals surface area (Å²) in [4.78, 5) is 12.1. The first-order chi connectivity index (χ1) is 10.1. The molecule has 1 aliphatic rings. The van der Waals surface area contributed by atoms with Crippen molar-refractivity contribution < 1.29 is 24.8 Å². The number of aliphatic hydroxyl groups is 3. The average molecular weight is 297 g/mol. The third-order valence-corrected chi connectivity index (χ3v) is 3.40. The lowest BCUT2D eigenvalue weighted by Gasteiger charge is -2.16. The fourth-order valence-corrected chi connectivity index (χ4v) is 2.30. The normalized spacial score (nSPS) is 29.1. The Labute approximate surface area is 118 Å². The highest BCUT2D eigenvalue weighted by Crippen LogP contribution is 2.32. The van der Waals surface area contributed by atoms with Gasteiger partial charge < -0.3 is 30.5 Å². The van der Waals surface area contributed by atoms with Crippen LogP contribution < -0.4 is 10.5 Å². The van der Waals surface area contributed by atoms with Gasteiger partial charge in [-0.1, -0.05) is 0 Å². The van der Waals surface area contributed by atoms with E-state index in [4.69, 9.17) is 20.3 Å². The molecule has 2 aromatic rings. The number of nitrogens with zero attached hydrogens (tertiary/aromatic N) is 4. The highest BCUT2D eigenvalue weighted by molar-refractivity contribution is 5.82. The van der Waals surface area contributed by atoms with Crippen molar-refractivity contribution in [3.63, 3.8) is 0 Å². The maximum absolute atomic E-state index is 10.0. The van der Waals surface area contributed by atoms with E-state index in [-0.39, 0.29) is 11.8 Å². The number of hydrogen-bond acceptors (Lipinski definition) is 9. The standard InChI is InChI=1S/C11H15N5O5/c1-20-11-14-8(12)5-9(15-11)16(3-13-5)10-7(19)6(18)4(2-17)21-10/h3-4,6-7,10,17-19H,2H2,1H3,(H2,12,14,15)/t4-,6+,7-,10-/m1/s1. The summed E-state index contributed by atoms with van der Waals surface area (Å²) < 4.78 is 11.8. The first kappa shape index (κ1) is 13.9. The Balaban J connectivity index is 2.07. The summed E-state index contributed by atoms with van der Waals surface area (Å²) in [5.74, 6) is 0.127. The van der Waals surface area contributed by atoms with Crippen LogP contribution in [0.2, 0.25) is 0 Å². The summed E-state index contributed by atoms with van der Waals surface area (Å²) in [5.41, 5.74) is 6.39. The van der Waals surface area contributed by atoms with E-state index in [0.717, 1.165) is 0 Å². The van der Waals surface area contributed by atoms with Crippen LogP contribution in [-0.2, 0) is 4.74 Å². The van der Waals surface area contributed by atoms with E-state index < -0.39 is 31.1 Å². The average Bonchev–Trinajstić information content (AvgIpc) is 3.02. The van der Waals surface area contributed by atoms with E-state index in [1.807, 2.05) is 0 Å². The highest BCUT2D eigenvalue weighted by Gasteiger charge is 2.44. The monoisotopic (exact) mass is 297 g/mol. The van der Waals surface area contributed by atoms with E-state index in [9.17, 15) is 10.2 Å². The number of imidazole rings is 1. The molecule has 0 aliphatic carbocycles. The van der Waals surface area contributed by atoms with Crippen molar-refractivity contribution >= 4 is 17.0 Å². The molecule has 1 saturated heterocycles. The lowest BCUT2D eigenvalue weighted by molar-refractivity contribution is -0.0511. The molecule has 0 saturated carbocycles. The number of hydrogen-bond donors (Lipinski definition) is 4. The lowest BCUT2D eigenvalue weighted by atomic mass is 10.1. The molecule has 10 heteroatoms. The molecular weight excluding hydrogens is 282 g/mol. The van der Waals surface area contributed by atoms with Gasteiger partial charge in [0.2, 0.25) is 0 Å². The Morgan fingerprint density at radius 3 is 2.76 bits per heavy atom. The minimum atomic E-state index is -1.23. The molecule has 114 valence electrons. The van der Waals surface area contributed by atoms with Crippen LogP contribution in [0.4, 0.5) is 5.82 Å². The SMILES string of the molecule is COc1nc(N)c2ncn([C@@H]3O[C@H](CO)[C@H](O)[C@H]3O)c2n1. The van der Waals surface area contributed by atoms with Gasteiger partial charge >= 0.3 is 6.01 Å². The number of methoxy groups -OCH3 is 1. The molecule has 2 aromatic heterocycles. The maximum atomic E-state index is 10.0. The van der Waals surface area contributed by atoms with Gasteiger partial charge in [-0.3, -0.25) is 4.57 Å². The molecule has 0 spiro atoms. The zero-order valence-electron chi connectivity index (χ0n) is 11.1. The summed E-state index contributed by atoms with van der Waals surface area (Å²) in [6.45, 7) is -0.415. The third-order valence-electron chi connectivity index (χ3n) is 3.40. The Morgan fingerprint density at radius 1 is 1.38 bits per heavy atom. The van der Waals surface area contributed by atoms with Crippen molar-refractivity contribution in [2.45, 2.75) is 24.5 Å². The molecule has 21 heavy (non-hydrogen) atoms. The second-order valence-corrected chi connectivity index (χ2v) is 4.65. The van der Waals surface area contributed by atoms with Crippen molar-refractivity contribution in [1.29, 1.82) is 0 Å². The third kappa shape index (κ3) is 2.08. The number of aromatic nitrogens is 4. The Kier molecular flexibility index (Phi) is 3.37. The zero-order valence-corrected chi connectivity index (χ0v) is 11.1. The van der Waals surface area contributed by atoms with Crippen LogP contribution in [0, 0.1) is 0 Å². The van der Waals surface area contributed by atoms with Crippen LogP contribution in [0.5, 0.6) is 6.01 Å². The van der Waals surface area contributed by atoms with Gasteiger partial charge in [-0.25, -0.2) is 4.98 Å². The van der Waals surface area contributed by atoms with E-state index in [0.29, 0.717) is 11.2 Å². The van der Waals surface area contributed by atoms with E-state index in [2.05, 4.69) is 15.0 Å². The fourth-order valence-electron chi connectivity index (χ4n) is 2.30. The van der Waals surface area contributed by atoms with Gasteiger partial charge in [0.05, 0.1) is 20.0 Å². The van der Waals surface area contributed by atoms with Crippen LogP contribution >= 0.6 is 0 Å².